The molecule has 0 aliphatic carbocycles. The van der Waals surface area contributed by atoms with Crippen LogP contribution < -0.4 is 0 Å². The summed E-state index contributed by atoms with van der Waals surface area (Å²) in [6, 6.07) is 5.94. The van der Waals surface area contributed by atoms with E-state index in [1.165, 1.54) is 0 Å². The first-order chi connectivity index (χ1) is 7.11. The predicted octanol–water partition coefficient (Wildman–Crippen LogP) is 4.86. The standard InChI is InChI=1S/C9H10BrN.C4H10S/c1-6-5-8(10)3-4-9(6)7(2)11;1-4(2,3)5/h3-5,11H,1-2H3;5H,1-3H3. The van der Waals surface area contributed by atoms with Crippen molar-refractivity contribution in [1.29, 1.82) is 5.41 Å². The van der Waals surface area contributed by atoms with Gasteiger partial charge in [-0.05, 0) is 37.1 Å². The third-order valence-electron chi connectivity index (χ3n) is 1.59. The molecule has 0 radical (unpaired) electrons. The highest BCUT2D eigenvalue weighted by molar-refractivity contribution is 9.10. The fraction of sp³-hybridized carbons (Fsp3) is 0.462. The van der Waals surface area contributed by atoms with Crippen LogP contribution in [0.2, 0.25) is 0 Å². The second kappa shape index (κ2) is 6.45. The summed E-state index contributed by atoms with van der Waals surface area (Å²) in [4.78, 5) is 0. The van der Waals surface area contributed by atoms with Gasteiger partial charge in [0.05, 0.1) is 0 Å². The largest absolute Gasteiger partial charge is 0.305 e. The molecular weight excluding hydrogens is 282 g/mol. The molecule has 0 spiro atoms. The normalized spacial score (nSPS) is 10.4. The van der Waals surface area contributed by atoms with Crippen molar-refractivity contribution in [3.63, 3.8) is 0 Å². The fourth-order valence-corrected chi connectivity index (χ4v) is 1.52. The average molecular weight is 302 g/mol. The minimum absolute atomic E-state index is 0.194. The van der Waals surface area contributed by atoms with Crippen molar-refractivity contribution in [2.75, 3.05) is 0 Å². The van der Waals surface area contributed by atoms with Gasteiger partial charge in [-0.1, -0.05) is 42.8 Å². The summed E-state index contributed by atoms with van der Waals surface area (Å²) in [6.45, 7) is 9.97. The Kier molecular flexibility index (Phi) is 6.34. The fourth-order valence-electron chi connectivity index (χ4n) is 1.05. The molecule has 1 aromatic carbocycles. The monoisotopic (exact) mass is 301 g/mol. The van der Waals surface area contributed by atoms with Crippen LogP contribution in [-0.4, -0.2) is 10.5 Å². The summed E-state index contributed by atoms with van der Waals surface area (Å²) in [7, 11) is 0. The summed E-state index contributed by atoms with van der Waals surface area (Å²) in [5.41, 5.74) is 2.79. The Labute approximate surface area is 113 Å². The minimum Gasteiger partial charge on any atom is -0.305 e. The van der Waals surface area contributed by atoms with E-state index in [1.807, 2.05) is 25.1 Å². The Morgan fingerprint density at radius 3 is 2.06 bits per heavy atom. The van der Waals surface area contributed by atoms with Gasteiger partial charge in [-0.2, -0.15) is 12.6 Å². The Morgan fingerprint density at radius 1 is 1.31 bits per heavy atom. The lowest BCUT2D eigenvalue weighted by Crippen LogP contribution is -1.99. The maximum Gasteiger partial charge on any atom is 0.0357 e. The first kappa shape index (κ1) is 15.7. The van der Waals surface area contributed by atoms with Gasteiger partial charge in [0.2, 0.25) is 0 Å². The lowest BCUT2D eigenvalue weighted by molar-refractivity contribution is 0.812. The molecule has 3 heteroatoms. The van der Waals surface area contributed by atoms with Crippen molar-refractivity contribution >= 4 is 34.3 Å². The maximum absolute atomic E-state index is 7.43. The first-order valence-electron chi connectivity index (χ1n) is 5.15. The molecule has 16 heavy (non-hydrogen) atoms. The van der Waals surface area contributed by atoms with Crippen molar-refractivity contribution in [3.05, 3.63) is 33.8 Å². The van der Waals surface area contributed by atoms with Gasteiger partial charge >= 0.3 is 0 Å². The number of nitrogens with one attached hydrogen (secondary N) is 1. The Bertz CT molecular complexity index is 361. The third-order valence-corrected chi connectivity index (χ3v) is 2.09. The Morgan fingerprint density at radius 2 is 1.75 bits per heavy atom. The zero-order valence-electron chi connectivity index (χ0n) is 10.6. The topological polar surface area (TPSA) is 23.9 Å². The van der Waals surface area contributed by atoms with E-state index < -0.39 is 0 Å². The predicted molar refractivity (Wildman–Crippen MR) is 80.1 cm³/mol. The summed E-state index contributed by atoms with van der Waals surface area (Å²) in [5, 5.41) is 7.43. The number of aryl methyl sites for hydroxylation is 1. The van der Waals surface area contributed by atoms with Crippen LogP contribution in [0.4, 0.5) is 0 Å². The quantitative estimate of drug-likeness (QED) is 0.547. The van der Waals surface area contributed by atoms with E-state index in [0.717, 1.165) is 15.6 Å². The molecule has 1 nitrogen and oxygen atoms in total. The molecule has 0 heterocycles. The molecule has 0 unspecified atom stereocenters. The minimum atomic E-state index is 0.194. The number of hydrogen-bond acceptors (Lipinski definition) is 2. The molecule has 0 amide bonds. The van der Waals surface area contributed by atoms with Gasteiger partial charge in [0.1, 0.15) is 0 Å². The van der Waals surface area contributed by atoms with E-state index in [0.29, 0.717) is 5.71 Å². The van der Waals surface area contributed by atoms with E-state index in [9.17, 15) is 0 Å². The average Bonchev–Trinajstić information content (AvgIpc) is 1.99. The van der Waals surface area contributed by atoms with Crippen molar-refractivity contribution in [3.8, 4) is 0 Å². The molecule has 0 aliphatic heterocycles. The summed E-state index contributed by atoms with van der Waals surface area (Å²) in [5.74, 6) is 0. The zero-order valence-corrected chi connectivity index (χ0v) is 13.0. The van der Waals surface area contributed by atoms with E-state index >= 15 is 0 Å². The zero-order chi connectivity index (χ0) is 12.9. The first-order valence-corrected chi connectivity index (χ1v) is 6.39. The number of benzene rings is 1. The summed E-state index contributed by atoms with van der Waals surface area (Å²) >= 11 is 7.50. The van der Waals surface area contributed by atoms with E-state index in [1.54, 1.807) is 6.92 Å². The van der Waals surface area contributed by atoms with Crippen molar-refractivity contribution < 1.29 is 0 Å². The Hall–Kier alpha value is -0.280. The molecule has 0 fully saturated rings. The van der Waals surface area contributed by atoms with Crippen LogP contribution in [0.25, 0.3) is 0 Å². The third kappa shape index (κ3) is 7.94. The molecule has 0 bridgehead atoms. The molecule has 0 aliphatic rings. The molecule has 1 aromatic rings. The highest BCUT2D eigenvalue weighted by Crippen LogP contribution is 2.15. The van der Waals surface area contributed by atoms with Gasteiger partial charge in [0, 0.05) is 14.9 Å². The van der Waals surface area contributed by atoms with Crippen molar-refractivity contribution in [2.24, 2.45) is 0 Å². The van der Waals surface area contributed by atoms with Gasteiger partial charge in [-0.25, -0.2) is 0 Å². The highest BCUT2D eigenvalue weighted by Gasteiger charge is 1.99. The number of thiol groups is 1. The van der Waals surface area contributed by atoms with Crippen LogP contribution >= 0.6 is 28.6 Å². The summed E-state index contributed by atoms with van der Waals surface area (Å²) in [6.07, 6.45) is 0. The molecule has 0 saturated carbocycles. The van der Waals surface area contributed by atoms with Crippen LogP contribution in [0.1, 0.15) is 38.8 Å². The van der Waals surface area contributed by atoms with Crippen LogP contribution in [0.3, 0.4) is 0 Å². The molecule has 0 atom stereocenters. The number of rotatable bonds is 1. The van der Waals surface area contributed by atoms with Crippen LogP contribution in [0.5, 0.6) is 0 Å². The molecule has 90 valence electrons. The van der Waals surface area contributed by atoms with Crippen LogP contribution in [-0.2, 0) is 0 Å². The summed E-state index contributed by atoms with van der Waals surface area (Å²) < 4.78 is 1.26. The SMILES string of the molecule is CC(=N)c1ccc(Br)cc1C.CC(C)(C)S. The van der Waals surface area contributed by atoms with Gasteiger partial charge in [0.25, 0.3) is 0 Å². The highest BCUT2D eigenvalue weighted by atomic mass is 79.9. The van der Waals surface area contributed by atoms with Crippen LogP contribution in [0.15, 0.2) is 22.7 Å². The van der Waals surface area contributed by atoms with Gasteiger partial charge < -0.3 is 5.41 Å². The smallest absolute Gasteiger partial charge is 0.0357 e. The number of halogens is 1. The van der Waals surface area contributed by atoms with Gasteiger partial charge in [0.15, 0.2) is 0 Å². The molecule has 0 saturated heterocycles. The van der Waals surface area contributed by atoms with E-state index in [4.69, 9.17) is 5.41 Å². The Balaban J connectivity index is 0.000000385. The second-order valence-electron chi connectivity index (χ2n) is 4.76. The molecule has 1 N–H and O–H groups in total. The molecule has 1 rings (SSSR count). The van der Waals surface area contributed by atoms with Crippen LogP contribution in [0, 0.1) is 12.3 Å². The van der Waals surface area contributed by atoms with Gasteiger partial charge in [-0.3, -0.25) is 0 Å². The van der Waals surface area contributed by atoms with Crippen molar-refractivity contribution in [1.82, 2.24) is 0 Å². The molecular formula is C13H20BrNS. The number of hydrogen-bond donors (Lipinski definition) is 2. The molecule has 0 aromatic heterocycles. The van der Waals surface area contributed by atoms with E-state index in [-0.39, 0.29) is 4.75 Å². The maximum atomic E-state index is 7.43. The van der Waals surface area contributed by atoms with E-state index in [2.05, 4.69) is 49.3 Å². The van der Waals surface area contributed by atoms with Gasteiger partial charge in [-0.15, -0.1) is 0 Å². The second-order valence-corrected chi connectivity index (χ2v) is 7.01. The lowest BCUT2D eigenvalue weighted by atomic mass is 10.1. The lowest BCUT2D eigenvalue weighted by Gasteiger charge is -2.04. The van der Waals surface area contributed by atoms with Crippen molar-refractivity contribution in [2.45, 2.75) is 39.4 Å².